The molecule has 10 heteroatoms. The van der Waals surface area contributed by atoms with Crippen molar-refractivity contribution in [3.63, 3.8) is 0 Å². The second-order valence-electron chi connectivity index (χ2n) is 13.1. The quantitative estimate of drug-likeness (QED) is 0.0661. The van der Waals surface area contributed by atoms with E-state index in [-0.39, 0.29) is 62.7 Å². The Balaban J connectivity index is 1.10. The SMILES string of the molecule is O=C(NCCC[C@H](NC(=O)c1cccc(OCc2ccccc2)c1OCc1ccccc1)C(=O)O)c1cccc(OCc2ccccc2)c1OCc1ccccc1. The highest BCUT2D eigenvalue weighted by Crippen LogP contribution is 2.34. The first-order valence-electron chi connectivity index (χ1n) is 18.7. The average Bonchev–Trinajstić information content (AvgIpc) is 3.25. The molecule has 3 N–H and O–H groups in total. The van der Waals surface area contributed by atoms with Gasteiger partial charge in [-0.1, -0.05) is 133 Å². The number of ether oxygens (including phenoxy) is 4. The lowest BCUT2D eigenvalue weighted by molar-refractivity contribution is -0.139. The number of carbonyl (C=O) groups excluding carboxylic acids is 2. The number of benzene rings is 6. The van der Waals surface area contributed by atoms with Gasteiger partial charge in [-0.15, -0.1) is 0 Å². The van der Waals surface area contributed by atoms with Gasteiger partial charge in [0.05, 0.1) is 11.1 Å². The van der Waals surface area contributed by atoms with E-state index in [1.165, 1.54) is 0 Å². The molecule has 0 fully saturated rings. The zero-order valence-electron chi connectivity index (χ0n) is 31.3. The van der Waals surface area contributed by atoms with Crippen LogP contribution in [-0.2, 0) is 31.2 Å². The number of carboxylic acid groups (broad SMARTS) is 1. The standard InChI is InChI=1S/C47H44N2O8/c50-45(38-24-13-27-41(54-30-34-16-5-1-6-17-34)43(38)56-32-36-20-9-3-10-21-36)48-29-15-26-40(47(52)53)49-46(51)39-25-14-28-42(55-31-35-18-7-2-8-19-35)44(39)57-33-37-22-11-4-12-23-37/h1-14,16-25,27-28,40H,15,26,29-33H2,(H,48,50)(H,49,51)(H,52,53)/t40-/m0/s1. The number of hydrogen-bond donors (Lipinski definition) is 3. The van der Waals surface area contributed by atoms with Crippen molar-refractivity contribution in [1.82, 2.24) is 10.6 Å². The van der Waals surface area contributed by atoms with E-state index in [2.05, 4.69) is 10.6 Å². The number of hydrogen-bond acceptors (Lipinski definition) is 7. The molecular weight excluding hydrogens is 721 g/mol. The molecule has 0 radical (unpaired) electrons. The molecule has 0 bridgehead atoms. The van der Waals surface area contributed by atoms with Crippen molar-refractivity contribution in [2.45, 2.75) is 45.3 Å². The predicted octanol–water partition coefficient (Wildman–Crippen LogP) is 8.40. The van der Waals surface area contributed by atoms with Gasteiger partial charge in [-0.25, -0.2) is 4.79 Å². The summed E-state index contributed by atoms with van der Waals surface area (Å²) in [7, 11) is 0. The minimum Gasteiger partial charge on any atom is -0.485 e. The normalized spacial score (nSPS) is 11.2. The highest BCUT2D eigenvalue weighted by molar-refractivity contribution is 6.00. The highest BCUT2D eigenvalue weighted by Gasteiger charge is 2.25. The molecule has 2 amide bonds. The fourth-order valence-corrected chi connectivity index (χ4v) is 5.94. The lowest BCUT2D eigenvalue weighted by Crippen LogP contribution is -2.41. The Hall–Kier alpha value is -7.07. The first-order chi connectivity index (χ1) is 27.9. The number of nitrogens with one attached hydrogen (secondary N) is 2. The lowest BCUT2D eigenvalue weighted by Gasteiger charge is -2.19. The molecular formula is C47H44N2O8. The summed E-state index contributed by atoms with van der Waals surface area (Å²) in [5.41, 5.74) is 4.10. The molecule has 57 heavy (non-hydrogen) atoms. The van der Waals surface area contributed by atoms with E-state index in [4.69, 9.17) is 18.9 Å². The van der Waals surface area contributed by atoms with Gasteiger partial charge in [-0.05, 0) is 59.4 Å². The maximum atomic E-state index is 13.7. The molecule has 0 saturated heterocycles. The van der Waals surface area contributed by atoms with Crippen LogP contribution in [0.25, 0.3) is 0 Å². The Morgan fingerprint density at radius 2 is 0.860 bits per heavy atom. The molecule has 0 saturated carbocycles. The number of aliphatic carboxylic acids is 1. The highest BCUT2D eigenvalue weighted by atomic mass is 16.5. The second-order valence-corrected chi connectivity index (χ2v) is 13.1. The van der Waals surface area contributed by atoms with Crippen LogP contribution in [0.5, 0.6) is 23.0 Å². The van der Waals surface area contributed by atoms with Crippen LogP contribution in [0.4, 0.5) is 0 Å². The van der Waals surface area contributed by atoms with Crippen LogP contribution in [0.15, 0.2) is 158 Å². The fraction of sp³-hybridized carbons (Fsp3) is 0.170. The minimum atomic E-state index is -1.25. The monoisotopic (exact) mass is 764 g/mol. The zero-order chi connectivity index (χ0) is 39.7. The second kappa shape index (κ2) is 20.6. The van der Waals surface area contributed by atoms with Crippen LogP contribution in [0, 0.1) is 0 Å². The molecule has 6 aromatic carbocycles. The van der Waals surface area contributed by atoms with E-state index in [0.29, 0.717) is 17.2 Å². The third kappa shape index (κ3) is 11.7. The van der Waals surface area contributed by atoms with Gasteiger partial charge in [-0.2, -0.15) is 0 Å². The Kier molecular flexibility index (Phi) is 14.3. The summed E-state index contributed by atoms with van der Waals surface area (Å²) < 4.78 is 24.6. The Bertz CT molecular complexity index is 2200. The van der Waals surface area contributed by atoms with Crippen LogP contribution in [0.1, 0.15) is 55.8 Å². The summed E-state index contributed by atoms with van der Waals surface area (Å²) in [5.74, 6) is -0.995. The van der Waals surface area contributed by atoms with E-state index < -0.39 is 23.8 Å². The van der Waals surface area contributed by atoms with Crippen molar-refractivity contribution >= 4 is 17.8 Å². The first-order valence-corrected chi connectivity index (χ1v) is 18.7. The summed E-state index contributed by atoms with van der Waals surface area (Å²) in [5, 5.41) is 15.6. The van der Waals surface area contributed by atoms with Gasteiger partial charge in [0.15, 0.2) is 23.0 Å². The van der Waals surface area contributed by atoms with Gasteiger partial charge < -0.3 is 34.7 Å². The molecule has 0 aliphatic heterocycles. The molecule has 0 aliphatic carbocycles. The number of carboxylic acids is 1. The van der Waals surface area contributed by atoms with Crippen molar-refractivity contribution in [3.05, 3.63) is 191 Å². The van der Waals surface area contributed by atoms with E-state index in [1.807, 2.05) is 121 Å². The molecule has 6 aromatic rings. The molecule has 0 unspecified atom stereocenters. The summed E-state index contributed by atoms with van der Waals surface area (Å²) >= 11 is 0. The summed E-state index contributed by atoms with van der Waals surface area (Å²) in [4.78, 5) is 39.7. The van der Waals surface area contributed by atoms with Gasteiger partial charge in [0.2, 0.25) is 0 Å². The average molecular weight is 765 g/mol. The number of rotatable bonds is 20. The molecule has 0 aromatic heterocycles. The molecule has 0 heterocycles. The molecule has 10 nitrogen and oxygen atoms in total. The van der Waals surface area contributed by atoms with Crippen molar-refractivity contribution in [2.75, 3.05) is 6.54 Å². The van der Waals surface area contributed by atoms with E-state index in [9.17, 15) is 19.5 Å². The molecule has 0 spiro atoms. The van der Waals surface area contributed by atoms with Crippen molar-refractivity contribution in [1.29, 1.82) is 0 Å². The molecule has 1 atom stereocenters. The first kappa shape index (κ1) is 39.6. The van der Waals surface area contributed by atoms with Gasteiger partial charge in [0, 0.05) is 6.54 Å². The fourth-order valence-electron chi connectivity index (χ4n) is 5.94. The molecule has 6 rings (SSSR count). The third-order valence-corrected chi connectivity index (χ3v) is 8.93. The number of carbonyl (C=O) groups is 3. The summed E-state index contributed by atoms with van der Waals surface area (Å²) in [6, 6.07) is 47.2. The zero-order valence-corrected chi connectivity index (χ0v) is 31.3. The van der Waals surface area contributed by atoms with Crippen LogP contribution in [0.3, 0.4) is 0 Å². The molecule has 0 aliphatic rings. The van der Waals surface area contributed by atoms with E-state index in [0.717, 1.165) is 22.3 Å². The topological polar surface area (TPSA) is 132 Å². The van der Waals surface area contributed by atoms with Crippen LogP contribution < -0.4 is 29.6 Å². The lowest BCUT2D eigenvalue weighted by atomic mass is 10.1. The smallest absolute Gasteiger partial charge is 0.326 e. The van der Waals surface area contributed by atoms with Crippen LogP contribution in [0.2, 0.25) is 0 Å². The van der Waals surface area contributed by atoms with Gasteiger partial charge in [-0.3, -0.25) is 9.59 Å². The predicted molar refractivity (Wildman–Crippen MR) is 216 cm³/mol. The number of para-hydroxylation sites is 2. The molecule has 290 valence electrons. The minimum absolute atomic E-state index is 0.0450. The van der Waals surface area contributed by atoms with Gasteiger partial charge in [0.1, 0.15) is 32.5 Å². The van der Waals surface area contributed by atoms with Crippen LogP contribution in [-0.4, -0.2) is 35.5 Å². The Morgan fingerprint density at radius 3 is 1.26 bits per heavy atom. The maximum absolute atomic E-state index is 13.7. The van der Waals surface area contributed by atoms with E-state index >= 15 is 0 Å². The van der Waals surface area contributed by atoms with Crippen molar-refractivity contribution in [3.8, 4) is 23.0 Å². The van der Waals surface area contributed by atoms with Gasteiger partial charge in [0.25, 0.3) is 11.8 Å². The van der Waals surface area contributed by atoms with Gasteiger partial charge >= 0.3 is 5.97 Å². The van der Waals surface area contributed by atoms with Crippen LogP contribution >= 0.6 is 0 Å². The number of amides is 2. The van der Waals surface area contributed by atoms with Crippen molar-refractivity contribution < 1.29 is 38.4 Å². The Morgan fingerprint density at radius 1 is 0.474 bits per heavy atom. The summed E-state index contributed by atoms with van der Waals surface area (Å²) in [6.07, 6.45) is 0.300. The van der Waals surface area contributed by atoms with E-state index in [1.54, 1.807) is 36.4 Å². The third-order valence-electron chi connectivity index (χ3n) is 8.93. The summed E-state index contributed by atoms with van der Waals surface area (Å²) in [6.45, 7) is 1.04. The maximum Gasteiger partial charge on any atom is 0.326 e. The Labute approximate surface area is 332 Å². The van der Waals surface area contributed by atoms with Crippen molar-refractivity contribution in [2.24, 2.45) is 0 Å². The largest absolute Gasteiger partial charge is 0.485 e.